The molecule has 0 amide bonds. The molecule has 0 fully saturated rings. The van der Waals surface area contributed by atoms with Crippen LogP contribution < -0.4 is 0 Å². The Morgan fingerprint density at radius 3 is 1.22 bits per heavy atom. The van der Waals surface area contributed by atoms with Gasteiger partial charge in [0.25, 0.3) is 0 Å². The van der Waals surface area contributed by atoms with E-state index in [4.69, 9.17) is 0 Å². The first kappa shape index (κ1) is 12.1. The topological polar surface area (TPSA) is 24.7 Å². The quantitative estimate of drug-likeness (QED) is 0.735. The summed E-state index contributed by atoms with van der Waals surface area (Å²) in [6.07, 6.45) is 0. The molecule has 2 rings (SSSR count). The lowest BCUT2D eigenvalue weighted by Gasteiger charge is -2.06. The molecule has 0 aliphatic rings. The van der Waals surface area contributed by atoms with Gasteiger partial charge in [-0.3, -0.25) is 0 Å². The highest BCUT2D eigenvalue weighted by molar-refractivity contribution is 6.53. The third kappa shape index (κ3) is 2.48. The zero-order valence-electron chi connectivity index (χ0n) is 9.42. The lowest BCUT2D eigenvalue weighted by Crippen LogP contribution is -2.16. The summed E-state index contributed by atoms with van der Waals surface area (Å²) in [5.41, 5.74) is 0.703. The van der Waals surface area contributed by atoms with Crippen molar-refractivity contribution >= 4 is 11.4 Å². The second-order valence-corrected chi connectivity index (χ2v) is 3.60. The molecule has 2 aromatic rings. The van der Waals surface area contributed by atoms with E-state index in [1.54, 1.807) is 60.7 Å². The minimum Gasteiger partial charge on any atom is -0.0846 e. The molecule has 4 heteroatoms. The summed E-state index contributed by atoms with van der Waals surface area (Å²) in [7, 11) is 0. The van der Waals surface area contributed by atoms with Crippen molar-refractivity contribution in [2.75, 3.05) is 0 Å². The maximum absolute atomic E-state index is 12.8. The highest BCUT2D eigenvalue weighted by Gasteiger charge is 2.15. The van der Waals surface area contributed by atoms with E-state index < -0.39 is 0 Å². The Labute approximate surface area is 103 Å². The summed E-state index contributed by atoms with van der Waals surface area (Å²) < 4.78 is 25.6. The molecule has 0 radical (unpaired) electrons. The molecule has 0 aliphatic heterocycles. The van der Waals surface area contributed by atoms with E-state index in [9.17, 15) is 8.96 Å². The zero-order valence-corrected chi connectivity index (χ0v) is 9.42. The highest BCUT2D eigenvalue weighted by atomic mass is 19.2. The fraction of sp³-hybridized carbons (Fsp3) is 0. The van der Waals surface area contributed by atoms with Gasteiger partial charge in [0.15, 0.2) is 0 Å². The Kier molecular flexibility index (Phi) is 3.91. The Balaban J connectivity index is 2.45. The molecule has 0 saturated heterocycles. The highest BCUT2D eigenvalue weighted by Crippen LogP contribution is 2.11. The molecule has 0 spiro atoms. The van der Waals surface area contributed by atoms with E-state index in [2.05, 4.69) is 10.4 Å². The number of benzene rings is 2. The average Bonchev–Trinajstić information content (AvgIpc) is 2.46. The maximum Gasteiger partial charge on any atom is 0.132 e. The first-order valence-electron chi connectivity index (χ1n) is 5.36. The van der Waals surface area contributed by atoms with Crippen molar-refractivity contribution in [1.29, 1.82) is 0 Å². The van der Waals surface area contributed by atoms with E-state index in [0.717, 1.165) is 0 Å². The first-order chi connectivity index (χ1) is 8.86. The van der Waals surface area contributed by atoms with Crippen LogP contribution >= 0.6 is 0 Å². The molecule has 18 heavy (non-hydrogen) atoms. The smallest absolute Gasteiger partial charge is 0.0846 e. The summed E-state index contributed by atoms with van der Waals surface area (Å²) in [4.78, 5) is 0. The van der Waals surface area contributed by atoms with E-state index in [1.807, 2.05) is 0 Å². The largest absolute Gasteiger partial charge is 0.132 e. The Morgan fingerprint density at radius 1 is 0.611 bits per heavy atom. The number of hydrogen-bond acceptors (Lipinski definition) is 2. The van der Waals surface area contributed by atoms with Crippen LogP contribution in [-0.2, 0) is 0 Å². The average molecular weight is 244 g/mol. The Bertz CT molecular complexity index is 509. The van der Waals surface area contributed by atoms with Crippen molar-refractivity contribution in [3.63, 3.8) is 0 Å². The molecule has 0 saturated carbocycles. The summed E-state index contributed by atoms with van der Waals surface area (Å²) in [5, 5.41) is 5.30. The SMILES string of the molecule is F/N=C(/C(=N/F)c1ccccc1)c1ccccc1. The first-order valence-corrected chi connectivity index (χ1v) is 5.36. The van der Waals surface area contributed by atoms with Crippen LogP contribution in [0.15, 0.2) is 71.1 Å². The van der Waals surface area contributed by atoms with Gasteiger partial charge in [0.2, 0.25) is 0 Å². The van der Waals surface area contributed by atoms with Crippen molar-refractivity contribution in [2.45, 2.75) is 0 Å². The van der Waals surface area contributed by atoms with E-state index >= 15 is 0 Å². The van der Waals surface area contributed by atoms with Gasteiger partial charge in [-0.2, -0.15) is 0 Å². The van der Waals surface area contributed by atoms with Crippen molar-refractivity contribution < 1.29 is 8.96 Å². The van der Waals surface area contributed by atoms with Gasteiger partial charge in [0.1, 0.15) is 11.4 Å². The van der Waals surface area contributed by atoms with Gasteiger partial charge in [0.05, 0.1) is 0 Å². The molecule has 0 heterocycles. The third-order valence-electron chi connectivity index (χ3n) is 2.49. The van der Waals surface area contributed by atoms with Gasteiger partial charge in [-0.1, -0.05) is 80.1 Å². The predicted octanol–water partition coefficient (Wildman–Crippen LogP) is 3.73. The summed E-state index contributed by atoms with van der Waals surface area (Å²) in [6.45, 7) is 0. The van der Waals surface area contributed by atoms with Crippen LogP contribution in [0.5, 0.6) is 0 Å². The normalized spacial score (nSPS) is 12.6. The number of nitrogens with zero attached hydrogens (tertiary/aromatic N) is 2. The van der Waals surface area contributed by atoms with E-state index in [1.165, 1.54) is 0 Å². The second-order valence-electron chi connectivity index (χ2n) is 3.60. The van der Waals surface area contributed by atoms with Crippen molar-refractivity contribution in [2.24, 2.45) is 10.4 Å². The molecule has 0 atom stereocenters. The van der Waals surface area contributed by atoms with Crippen molar-refractivity contribution in [1.82, 2.24) is 0 Å². The monoisotopic (exact) mass is 244 g/mol. The van der Waals surface area contributed by atoms with Crippen LogP contribution in [0.1, 0.15) is 11.1 Å². The van der Waals surface area contributed by atoms with Gasteiger partial charge in [-0.25, -0.2) is 0 Å². The molecule has 0 bridgehead atoms. The molecule has 0 aromatic heterocycles. The van der Waals surface area contributed by atoms with Crippen LogP contribution in [-0.4, -0.2) is 11.4 Å². The van der Waals surface area contributed by atoms with Crippen LogP contribution in [0.3, 0.4) is 0 Å². The molecular weight excluding hydrogens is 234 g/mol. The van der Waals surface area contributed by atoms with Crippen LogP contribution in [0.4, 0.5) is 8.96 Å². The fourth-order valence-corrected chi connectivity index (χ4v) is 1.64. The van der Waals surface area contributed by atoms with E-state index in [-0.39, 0.29) is 11.4 Å². The summed E-state index contributed by atoms with van der Waals surface area (Å²) in [5.74, 6) is 0. The van der Waals surface area contributed by atoms with Gasteiger partial charge < -0.3 is 0 Å². The van der Waals surface area contributed by atoms with Gasteiger partial charge in [-0.05, 0) is 0 Å². The molecule has 0 unspecified atom stereocenters. The fourth-order valence-electron chi connectivity index (χ4n) is 1.64. The maximum atomic E-state index is 12.8. The number of rotatable bonds is 3. The van der Waals surface area contributed by atoms with Crippen molar-refractivity contribution in [3.05, 3.63) is 71.8 Å². The van der Waals surface area contributed by atoms with Gasteiger partial charge in [-0.15, -0.1) is 0 Å². The zero-order chi connectivity index (χ0) is 12.8. The predicted molar refractivity (Wildman–Crippen MR) is 68.2 cm³/mol. The number of hydrogen-bond donors (Lipinski definition) is 0. The number of halogens is 2. The molecule has 0 N–H and O–H groups in total. The minimum atomic E-state index is -0.121. The van der Waals surface area contributed by atoms with Crippen LogP contribution in [0.25, 0.3) is 0 Å². The van der Waals surface area contributed by atoms with Crippen LogP contribution in [0.2, 0.25) is 0 Å². The Morgan fingerprint density at radius 2 is 0.944 bits per heavy atom. The lowest BCUT2D eigenvalue weighted by atomic mass is 10.0. The minimum absolute atomic E-state index is 0.121. The molecule has 0 aliphatic carbocycles. The van der Waals surface area contributed by atoms with Gasteiger partial charge >= 0.3 is 0 Å². The third-order valence-corrected chi connectivity index (χ3v) is 2.49. The lowest BCUT2D eigenvalue weighted by molar-refractivity contribution is 0.531. The molecule has 90 valence electrons. The molecular formula is C14H10F2N2. The second kappa shape index (κ2) is 5.82. The standard InChI is InChI=1S/C14H10F2N2/c15-17-13(11-7-3-1-4-8-11)14(18-16)12-9-5-2-6-10-12/h1-10H/b17-13+,18-14+. The Hall–Kier alpha value is -2.36. The molecule has 2 nitrogen and oxygen atoms in total. The van der Waals surface area contributed by atoms with Crippen molar-refractivity contribution in [3.8, 4) is 0 Å². The van der Waals surface area contributed by atoms with Gasteiger partial charge in [0, 0.05) is 11.1 Å². The van der Waals surface area contributed by atoms with Crippen LogP contribution in [0, 0.1) is 0 Å². The summed E-state index contributed by atoms with van der Waals surface area (Å²) >= 11 is 0. The summed E-state index contributed by atoms with van der Waals surface area (Å²) in [6, 6.07) is 17.0. The molecule has 2 aromatic carbocycles. The van der Waals surface area contributed by atoms with E-state index in [0.29, 0.717) is 11.1 Å².